The number of pyridine rings is 1. The van der Waals surface area contributed by atoms with Crippen LogP contribution in [-0.2, 0) is 6.54 Å². The summed E-state index contributed by atoms with van der Waals surface area (Å²) >= 11 is 0. The van der Waals surface area contributed by atoms with Crippen molar-refractivity contribution in [3.63, 3.8) is 0 Å². The number of benzene rings is 2. The van der Waals surface area contributed by atoms with Crippen molar-refractivity contribution in [1.82, 2.24) is 9.47 Å². The van der Waals surface area contributed by atoms with Crippen molar-refractivity contribution in [3.05, 3.63) is 70.9 Å². The van der Waals surface area contributed by atoms with Gasteiger partial charge in [-0.15, -0.1) is 0 Å². The molecule has 28 heavy (non-hydrogen) atoms. The van der Waals surface area contributed by atoms with Crippen molar-refractivity contribution in [2.24, 2.45) is 0 Å². The molecule has 2 aromatic carbocycles. The molecule has 0 radical (unpaired) electrons. The largest absolute Gasteiger partial charge is 0.399 e. The van der Waals surface area contributed by atoms with Crippen molar-refractivity contribution in [2.45, 2.75) is 13.0 Å². The summed E-state index contributed by atoms with van der Waals surface area (Å²) in [5, 5.41) is 1.22. The molecular formula is C22H25FN4O. The minimum Gasteiger partial charge on any atom is -0.399 e. The average molecular weight is 380 g/mol. The average Bonchev–Trinajstić information content (AvgIpc) is 2.71. The maximum absolute atomic E-state index is 13.5. The molecule has 1 aliphatic heterocycles. The van der Waals surface area contributed by atoms with Crippen LogP contribution in [0, 0.1) is 5.82 Å². The van der Waals surface area contributed by atoms with Crippen LogP contribution in [0.3, 0.4) is 0 Å². The Labute approximate surface area is 163 Å². The van der Waals surface area contributed by atoms with Crippen LogP contribution >= 0.6 is 0 Å². The molecule has 0 spiro atoms. The smallest absolute Gasteiger partial charge is 0.258 e. The second-order valence-electron chi connectivity index (χ2n) is 7.32. The Bertz CT molecular complexity index is 1020. The van der Waals surface area contributed by atoms with E-state index in [1.165, 1.54) is 17.8 Å². The van der Waals surface area contributed by atoms with E-state index in [0.29, 0.717) is 11.9 Å². The fourth-order valence-electron chi connectivity index (χ4n) is 3.84. The van der Waals surface area contributed by atoms with Gasteiger partial charge >= 0.3 is 0 Å². The number of fused-ring (bicyclic) bond motifs is 1. The normalized spacial score (nSPS) is 15.2. The van der Waals surface area contributed by atoms with Gasteiger partial charge in [0.1, 0.15) is 5.82 Å². The molecule has 0 atom stereocenters. The van der Waals surface area contributed by atoms with Gasteiger partial charge in [0.15, 0.2) is 0 Å². The molecule has 2 heterocycles. The SMILES string of the molecule is Nc1cccc(N2CCN(CCCn3ccc4ccc(F)cc4c3=O)CC2)c1. The zero-order valence-corrected chi connectivity index (χ0v) is 15.9. The Morgan fingerprint density at radius 1 is 0.964 bits per heavy atom. The standard InChI is InChI=1S/C22H25FN4O/c23-18-6-5-17-7-10-27(22(28)21(17)15-18)9-2-8-25-11-13-26(14-12-25)20-4-1-3-19(24)16-20/h1,3-7,10,15-16H,2,8-9,11-14,24H2. The molecule has 4 rings (SSSR count). The number of aryl methyl sites for hydroxylation is 1. The molecule has 6 heteroatoms. The fourth-order valence-corrected chi connectivity index (χ4v) is 3.84. The highest BCUT2D eigenvalue weighted by atomic mass is 19.1. The summed E-state index contributed by atoms with van der Waals surface area (Å²) < 4.78 is 15.1. The number of hydrogen-bond donors (Lipinski definition) is 1. The van der Waals surface area contributed by atoms with Gasteiger partial charge in [0.2, 0.25) is 0 Å². The third-order valence-electron chi connectivity index (χ3n) is 5.42. The third kappa shape index (κ3) is 4.02. The van der Waals surface area contributed by atoms with Crippen LogP contribution in [0.5, 0.6) is 0 Å². The lowest BCUT2D eigenvalue weighted by Crippen LogP contribution is -2.46. The Hall–Kier alpha value is -2.86. The van der Waals surface area contributed by atoms with E-state index in [9.17, 15) is 9.18 Å². The molecular weight excluding hydrogens is 355 g/mol. The lowest BCUT2D eigenvalue weighted by atomic mass is 10.1. The number of piperazine rings is 1. The molecule has 0 unspecified atom stereocenters. The Kier molecular flexibility index (Phi) is 5.30. The van der Waals surface area contributed by atoms with Crippen LogP contribution in [0.1, 0.15) is 6.42 Å². The van der Waals surface area contributed by atoms with E-state index in [2.05, 4.69) is 15.9 Å². The molecule has 5 nitrogen and oxygen atoms in total. The van der Waals surface area contributed by atoms with Gasteiger partial charge in [-0.2, -0.15) is 0 Å². The van der Waals surface area contributed by atoms with E-state index in [4.69, 9.17) is 5.73 Å². The molecule has 0 aliphatic carbocycles. The van der Waals surface area contributed by atoms with Gasteiger partial charge in [-0.1, -0.05) is 12.1 Å². The monoisotopic (exact) mass is 380 g/mol. The molecule has 3 aromatic rings. The zero-order valence-electron chi connectivity index (χ0n) is 15.9. The molecule has 2 N–H and O–H groups in total. The number of anilines is 2. The maximum Gasteiger partial charge on any atom is 0.258 e. The first-order chi connectivity index (χ1) is 13.6. The number of nitrogens with zero attached hydrogens (tertiary/aromatic N) is 3. The van der Waals surface area contributed by atoms with Gasteiger partial charge in [0.25, 0.3) is 5.56 Å². The summed E-state index contributed by atoms with van der Waals surface area (Å²) in [6.07, 6.45) is 2.69. The van der Waals surface area contributed by atoms with Gasteiger partial charge < -0.3 is 15.2 Å². The van der Waals surface area contributed by atoms with Crippen molar-refractivity contribution in [1.29, 1.82) is 0 Å². The highest BCUT2D eigenvalue weighted by Crippen LogP contribution is 2.19. The van der Waals surface area contributed by atoms with E-state index in [-0.39, 0.29) is 11.4 Å². The fraction of sp³-hybridized carbons (Fsp3) is 0.318. The molecule has 0 saturated carbocycles. The minimum atomic E-state index is -0.375. The first-order valence-electron chi connectivity index (χ1n) is 9.72. The van der Waals surface area contributed by atoms with E-state index < -0.39 is 0 Å². The maximum atomic E-state index is 13.5. The van der Waals surface area contributed by atoms with Crippen molar-refractivity contribution in [2.75, 3.05) is 43.4 Å². The van der Waals surface area contributed by atoms with E-state index in [1.807, 2.05) is 24.3 Å². The van der Waals surface area contributed by atoms with Crippen LogP contribution in [0.15, 0.2) is 59.5 Å². The summed E-state index contributed by atoms with van der Waals surface area (Å²) in [6.45, 7) is 5.51. The molecule has 1 aromatic heterocycles. The topological polar surface area (TPSA) is 54.5 Å². The van der Waals surface area contributed by atoms with Crippen molar-refractivity contribution in [3.8, 4) is 0 Å². The molecule has 0 amide bonds. The minimum absolute atomic E-state index is 0.122. The van der Waals surface area contributed by atoms with Gasteiger partial charge in [0, 0.05) is 50.3 Å². The summed E-state index contributed by atoms with van der Waals surface area (Å²) in [4.78, 5) is 17.3. The number of aromatic nitrogens is 1. The van der Waals surface area contributed by atoms with Crippen LogP contribution < -0.4 is 16.2 Å². The second-order valence-corrected chi connectivity index (χ2v) is 7.32. The van der Waals surface area contributed by atoms with Gasteiger partial charge in [-0.25, -0.2) is 4.39 Å². The molecule has 146 valence electrons. The van der Waals surface area contributed by atoms with E-state index >= 15 is 0 Å². The first-order valence-corrected chi connectivity index (χ1v) is 9.72. The van der Waals surface area contributed by atoms with Crippen LogP contribution in [0.2, 0.25) is 0 Å². The lowest BCUT2D eigenvalue weighted by Gasteiger charge is -2.36. The summed E-state index contributed by atoms with van der Waals surface area (Å²) in [5.41, 5.74) is 7.73. The zero-order chi connectivity index (χ0) is 19.5. The summed E-state index contributed by atoms with van der Waals surface area (Å²) in [7, 11) is 0. The van der Waals surface area contributed by atoms with E-state index in [0.717, 1.165) is 50.2 Å². The van der Waals surface area contributed by atoms with Crippen LogP contribution in [0.25, 0.3) is 10.8 Å². The predicted octanol–water partition coefficient (Wildman–Crippen LogP) is 2.94. The van der Waals surface area contributed by atoms with Crippen molar-refractivity contribution >= 4 is 22.1 Å². The number of nitrogens with two attached hydrogens (primary N) is 1. The number of halogens is 1. The van der Waals surface area contributed by atoms with E-state index in [1.54, 1.807) is 16.8 Å². The van der Waals surface area contributed by atoms with Crippen LogP contribution in [0.4, 0.5) is 15.8 Å². The Morgan fingerprint density at radius 3 is 2.57 bits per heavy atom. The third-order valence-corrected chi connectivity index (χ3v) is 5.42. The van der Waals surface area contributed by atoms with Gasteiger partial charge in [0.05, 0.1) is 5.39 Å². The number of rotatable bonds is 5. The number of nitrogen functional groups attached to an aromatic ring is 1. The number of hydrogen-bond acceptors (Lipinski definition) is 4. The van der Waals surface area contributed by atoms with Crippen molar-refractivity contribution < 1.29 is 4.39 Å². The highest BCUT2D eigenvalue weighted by molar-refractivity contribution is 5.81. The Morgan fingerprint density at radius 2 is 1.79 bits per heavy atom. The first kappa shape index (κ1) is 18.5. The quantitative estimate of drug-likeness (QED) is 0.692. The van der Waals surface area contributed by atoms with Crippen LogP contribution in [-0.4, -0.2) is 42.2 Å². The Balaban J connectivity index is 1.31. The second kappa shape index (κ2) is 8.02. The molecule has 1 saturated heterocycles. The molecule has 0 bridgehead atoms. The summed E-state index contributed by atoms with van der Waals surface area (Å²) in [5.74, 6) is -0.375. The highest BCUT2D eigenvalue weighted by Gasteiger charge is 2.17. The van der Waals surface area contributed by atoms with Gasteiger partial charge in [-0.3, -0.25) is 9.69 Å². The molecule has 1 aliphatic rings. The molecule has 1 fully saturated rings. The van der Waals surface area contributed by atoms with Gasteiger partial charge in [-0.05, 0) is 54.8 Å². The lowest BCUT2D eigenvalue weighted by molar-refractivity contribution is 0.250. The predicted molar refractivity (Wildman–Crippen MR) is 112 cm³/mol. The summed E-state index contributed by atoms with van der Waals surface area (Å²) in [6, 6.07) is 14.2.